The van der Waals surface area contributed by atoms with Gasteiger partial charge in [-0.1, -0.05) is 24.3 Å². The lowest BCUT2D eigenvalue weighted by molar-refractivity contribution is -0.144. The van der Waals surface area contributed by atoms with Crippen LogP contribution in [0.4, 0.5) is 0 Å². The van der Waals surface area contributed by atoms with Crippen LogP contribution in [0.5, 0.6) is 0 Å². The molecule has 0 saturated carbocycles. The number of benzene rings is 1. The van der Waals surface area contributed by atoms with Gasteiger partial charge in [0.2, 0.25) is 23.6 Å². The van der Waals surface area contributed by atoms with Crippen LogP contribution in [0, 0.1) is 23.7 Å². The second-order valence-corrected chi connectivity index (χ2v) is 10.0. The fraction of sp³-hybridized carbons (Fsp3) is 0.583. The molecule has 8 unspecified atom stereocenters. The number of fused-ring (bicyclic) bond motifs is 10. The number of amides is 4. The monoisotopic (exact) mass is 436 g/mol. The van der Waals surface area contributed by atoms with Crippen LogP contribution < -0.4 is 0 Å². The third-order valence-corrected chi connectivity index (χ3v) is 8.42. The Morgan fingerprint density at radius 2 is 0.969 bits per heavy atom. The van der Waals surface area contributed by atoms with Gasteiger partial charge in [-0.3, -0.25) is 29.0 Å². The van der Waals surface area contributed by atoms with Gasteiger partial charge in [-0.25, -0.2) is 0 Å². The third kappa shape index (κ3) is 2.39. The molecule has 6 aliphatic heterocycles. The molecule has 6 aliphatic rings. The van der Waals surface area contributed by atoms with Crippen molar-refractivity contribution in [3.8, 4) is 0 Å². The van der Waals surface area contributed by atoms with E-state index in [1.807, 2.05) is 24.3 Å². The zero-order chi connectivity index (χ0) is 21.7. The van der Waals surface area contributed by atoms with E-state index < -0.39 is 0 Å². The van der Waals surface area contributed by atoms with Gasteiger partial charge in [0, 0.05) is 0 Å². The minimum atomic E-state index is -0.332. The molecule has 0 aliphatic carbocycles. The molecule has 8 atom stereocenters. The SMILES string of the molecule is O=C1C2C3CCC(O3)C2C(=O)N1Cc1cccc(CN2C(=O)C3C4CCC(O4)C3C2=O)c1. The van der Waals surface area contributed by atoms with Gasteiger partial charge >= 0.3 is 0 Å². The molecule has 0 aromatic heterocycles. The van der Waals surface area contributed by atoms with Crippen molar-refractivity contribution in [2.45, 2.75) is 63.2 Å². The van der Waals surface area contributed by atoms with Crippen molar-refractivity contribution in [2.75, 3.05) is 0 Å². The molecule has 8 nitrogen and oxygen atoms in total. The van der Waals surface area contributed by atoms with E-state index in [0.717, 1.165) is 36.8 Å². The summed E-state index contributed by atoms with van der Waals surface area (Å²) in [6, 6.07) is 7.49. The summed E-state index contributed by atoms with van der Waals surface area (Å²) in [7, 11) is 0. The van der Waals surface area contributed by atoms with Crippen molar-refractivity contribution in [1.82, 2.24) is 9.80 Å². The van der Waals surface area contributed by atoms with Crippen molar-refractivity contribution >= 4 is 23.6 Å². The number of nitrogens with zero attached hydrogens (tertiary/aromatic N) is 2. The molecule has 1 aromatic rings. The van der Waals surface area contributed by atoms with Gasteiger partial charge in [-0.2, -0.15) is 0 Å². The summed E-state index contributed by atoms with van der Waals surface area (Å²) < 4.78 is 11.6. The molecule has 4 amide bonds. The van der Waals surface area contributed by atoms with Gasteiger partial charge in [0.15, 0.2) is 0 Å². The molecule has 7 rings (SSSR count). The van der Waals surface area contributed by atoms with Crippen LogP contribution >= 0.6 is 0 Å². The molecule has 8 heteroatoms. The van der Waals surface area contributed by atoms with Crippen molar-refractivity contribution < 1.29 is 28.7 Å². The molecule has 6 saturated heterocycles. The van der Waals surface area contributed by atoms with E-state index in [-0.39, 0.29) is 84.8 Å². The molecule has 0 spiro atoms. The largest absolute Gasteiger partial charge is 0.373 e. The summed E-state index contributed by atoms with van der Waals surface area (Å²) in [5, 5.41) is 0. The molecular formula is C24H24N2O6. The molecular weight excluding hydrogens is 412 g/mol. The Kier molecular flexibility index (Phi) is 3.84. The number of rotatable bonds is 4. The highest BCUT2D eigenvalue weighted by molar-refractivity contribution is 6.07. The van der Waals surface area contributed by atoms with Gasteiger partial charge in [-0.15, -0.1) is 0 Å². The van der Waals surface area contributed by atoms with Gasteiger partial charge in [0.25, 0.3) is 0 Å². The fourth-order valence-corrected chi connectivity index (χ4v) is 7.05. The average Bonchev–Trinajstić information content (AvgIpc) is 3.62. The van der Waals surface area contributed by atoms with Gasteiger partial charge in [0.05, 0.1) is 61.2 Å². The lowest BCUT2D eigenvalue weighted by Gasteiger charge is -2.20. The topological polar surface area (TPSA) is 93.2 Å². The smallest absolute Gasteiger partial charge is 0.236 e. The zero-order valence-electron chi connectivity index (χ0n) is 17.5. The Balaban J connectivity index is 1.09. The Morgan fingerprint density at radius 3 is 1.31 bits per heavy atom. The summed E-state index contributed by atoms with van der Waals surface area (Å²) in [6.07, 6.45) is 2.91. The Labute approximate surface area is 184 Å². The van der Waals surface area contributed by atoms with Crippen LogP contribution in [0.25, 0.3) is 0 Å². The summed E-state index contributed by atoms with van der Waals surface area (Å²) in [4.78, 5) is 54.5. The van der Waals surface area contributed by atoms with Crippen molar-refractivity contribution in [2.24, 2.45) is 23.7 Å². The minimum Gasteiger partial charge on any atom is -0.373 e. The normalized spacial score (nSPS) is 41.4. The number of likely N-dealkylation sites (tertiary alicyclic amines) is 2. The van der Waals surface area contributed by atoms with Crippen LogP contribution in [0.1, 0.15) is 36.8 Å². The first-order chi connectivity index (χ1) is 15.5. The van der Waals surface area contributed by atoms with Crippen LogP contribution in [0.3, 0.4) is 0 Å². The Hall–Kier alpha value is -2.58. The highest BCUT2D eigenvalue weighted by atomic mass is 16.5. The van der Waals surface area contributed by atoms with Crippen LogP contribution in [0.15, 0.2) is 24.3 Å². The summed E-state index contributed by atoms with van der Waals surface area (Å²) in [6.45, 7) is 0.423. The minimum absolute atomic E-state index is 0.122. The van der Waals surface area contributed by atoms with E-state index in [1.165, 1.54) is 9.80 Å². The van der Waals surface area contributed by atoms with Crippen LogP contribution in [-0.2, 0) is 41.7 Å². The first-order valence-corrected chi connectivity index (χ1v) is 11.6. The predicted octanol–water partition coefficient (Wildman–Crippen LogP) is 1.01. The van der Waals surface area contributed by atoms with E-state index in [9.17, 15) is 19.2 Å². The van der Waals surface area contributed by atoms with Gasteiger partial charge < -0.3 is 9.47 Å². The van der Waals surface area contributed by atoms with E-state index >= 15 is 0 Å². The number of ether oxygens (including phenoxy) is 2. The number of imide groups is 2. The first kappa shape index (κ1) is 18.9. The van der Waals surface area contributed by atoms with Gasteiger partial charge in [-0.05, 0) is 36.8 Å². The zero-order valence-corrected chi connectivity index (χ0v) is 17.5. The van der Waals surface area contributed by atoms with Crippen LogP contribution in [-0.4, -0.2) is 57.8 Å². The fourth-order valence-electron chi connectivity index (χ4n) is 7.05. The maximum Gasteiger partial charge on any atom is 0.236 e. The molecule has 32 heavy (non-hydrogen) atoms. The number of hydrogen-bond donors (Lipinski definition) is 0. The summed E-state index contributed by atoms with van der Waals surface area (Å²) >= 11 is 0. The van der Waals surface area contributed by atoms with Crippen molar-refractivity contribution in [1.29, 1.82) is 0 Å². The number of carbonyl (C=O) groups is 4. The lowest BCUT2D eigenvalue weighted by atomic mass is 9.81. The van der Waals surface area contributed by atoms with Gasteiger partial charge in [0.1, 0.15) is 0 Å². The van der Waals surface area contributed by atoms with E-state index in [1.54, 1.807) is 0 Å². The highest BCUT2D eigenvalue weighted by Gasteiger charge is 2.63. The highest BCUT2D eigenvalue weighted by Crippen LogP contribution is 2.50. The summed E-state index contributed by atoms with van der Waals surface area (Å²) in [5.74, 6) is -1.86. The second-order valence-electron chi connectivity index (χ2n) is 10.0. The molecule has 6 heterocycles. The predicted molar refractivity (Wildman–Crippen MR) is 107 cm³/mol. The molecule has 4 bridgehead atoms. The van der Waals surface area contributed by atoms with E-state index in [0.29, 0.717) is 0 Å². The Bertz CT molecular complexity index is 935. The van der Waals surface area contributed by atoms with Crippen molar-refractivity contribution in [3.05, 3.63) is 35.4 Å². The van der Waals surface area contributed by atoms with E-state index in [2.05, 4.69) is 0 Å². The second kappa shape index (κ2) is 6.48. The maximum absolute atomic E-state index is 12.9. The molecule has 0 N–H and O–H groups in total. The lowest BCUT2D eigenvalue weighted by Crippen LogP contribution is -2.34. The molecule has 6 fully saturated rings. The first-order valence-electron chi connectivity index (χ1n) is 11.6. The molecule has 166 valence electrons. The standard InChI is InChI=1S/C24H24N2O6/c27-21-17-13-4-5-14(31-13)18(17)22(28)25(21)9-11-2-1-3-12(8-11)10-26-23(29)19-15-6-7-16(32-15)20(19)24(26)30/h1-3,8,13-20H,4-7,9-10H2. The average molecular weight is 436 g/mol. The Morgan fingerprint density at radius 1 is 0.625 bits per heavy atom. The van der Waals surface area contributed by atoms with E-state index in [4.69, 9.17) is 9.47 Å². The quantitative estimate of drug-likeness (QED) is 0.654. The summed E-state index contributed by atoms with van der Waals surface area (Å²) in [5.41, 5.74) is 1.64. The number of carbonyl (C=O) groups excluding carboxylic acids is 4. The maximum atomic E-state index is 12.9. The third-order valence-electron chi connectivity index (χ3n) is 8.42. The molecule has 0 radical (unpaired) electrons. The number of hydrogen-bond acceptors (Lipinski definition) is 6. The molecule has 1 aromatic carbocycles. The van der Waals surface area contributed by atoms with Crippen LogP contribution in [0.2, 0.25) is 0 Å². The van der Waals surface area contributed by atoms with Crippen molar-refractivity contribution in [3.63, 3.8) is 0 Å².